The summed E-state index contributed by atoms with van der Waals surface area (Å²) in [6, 6.07) is 6.00. The average Bonchev–Trinajstić information content (AvgIpc) is 2.70. The van der Waals surface area contributed by atoms with Crippen molar-refractivity contribution in [1.82, 2.24) is 10.2 Å². The van der Waals surface area contributed by atoms with Gasteiger partial charge < -0.3 is 15.3 Å². The fourth-order valence-corrected chi connectivity index (χ4v) is 4.63. The van der Waals surface area contributed by atoms with Crippen LogP contribution in [0.4, 0.5) is 4.79 Å². The highest BCUT2D eigenvalue weighted by Crippen LogP contribution is 2.44. The number of amides is 2. The smallest absolute Gasteiger partial charge is 0.331 e. The number of hydrogen-bond donors (Lipinski definition) is 2. The van der Waals surface area contributed by atoms with Gasteiger partial charge in [-0.05, 0) is 66.7 Å². The Morgan fingerprint density at radius 2 is 2.06 bits per heavy atom. The highest BCUT2D eigenvalue weighted by molar-refractivity contribution is 6.31. The molecule has 0 saturated heterocycles. The second kappa shape index (κ2) is 9.07. The molecule has 2 aliphatic rings. The summed E-state index contributed by atoms with van der Waals surface area (Å²) < 4.78 is 0. The van der Waals surface area contributed by atoms with Crippen molar-refractivity contribution in [2.45, 2.75) is 71.3 Å². The molecule has 6 heteroatoms. The van der Waals surface area contributed by atoms with Crippen LogP contribution in [0, 0.1) is 5.41 Å². The van der Waals surface area contributed by atoms with E-state index in [1.165, 1.54) is 0 Å². The predicted molar refractivity (Wildman–Crippen MR) is 124 cm³/mol. The first-order valence-corrected chi connectivity index (χ1v) is 11.4. The van der Waals surface area contributed by atoms with Crippen molar-refractivity contribution in [1.29, 1.82) is 0 Å². The Labute approximate surface area is 190 Å². The molecule has 31 heavy (non-hydrogen) atoms. The van der Waals surface area contributed by atoms with E-state index >= 15 is 0 Å². The van der Waals surface area contributed by atoms with Crippen molar-refractivity contribution in [3.05, 3.63) is 58.3 Å². The zero-order valence-electron chi connectivity index (χ0n) is 18.8. The number of nitrogens with zero attached hydrogens (tertiary/aromatic N) is 1. The van der Waals surface area contributed by atoms with E-state index < -0.39 is 11.5 Å². The van der Waals surface area contributed by atoms with Gasteiger partial charge in [-0.3, -0.25) is 0 Å². The van der Waals surface area contributed by atoms with Gasteiger partial charge in [0.05, 0.1) is 5.54 Å². The van der Waals surface area contributed by atoms with Gasteiger partial charge in [0.1, 0.15) is 0 Å². The van der Waals surface area contributed by atoms with Crippen molar-refractivity contribution in [3.63, 3.8) is 0 Å². The molecule has 1 aliphatic heterocycles. The lowest BCUT2D eigenvalue weighted by Gasteiger charge is -2.46. The monoisotopic (exact) mass is 444 g/mol. The minimum absolute atomic E-state index is 0.101. The number of halogens is 1. The maximum absolute atomic E-state index is 12.9. The number of hydrogen-bond acceptors (Lipinski definition) is 2. The van der Waals surface area contributed by atoms with Gasteiger partial charge in [-0.25, -0.2) is 9.59 Å². The zero-order chi connectivity index (χ0) is 22.8. The quantitative estimate of drug-likeness (QED) is 0.504. The summed E-state index contributed by atoms with van der Waals surface area (Å²) >= 11 is 6.68. The highest BCUT2D eigenvalue weighted by Gasteiger charge is 2.43. The normalized spacial score (nSPS) is 21.2. The Balaban J connectivity index is 1.86. The summed E-state index contributed by atoms with van der Waals surface area (Å²) in [6.45, 7) is 10.5. The molecule has 2 N–H and O–H groups in total. The van der Waals surface area contributed by atoms with Gasteiger partial charge in [-0.15, -0.1) is 0 Å². The summed E-state index contributed by atoms with van der Waals surface area (Å²) in [4.78, 5) is 25.5. The largest absolute Gasteiger partial charge is 0.478 e. The third-order valence-electron chi connectivity index (χ3n) is 6.34. The predicted octanol–water partition coefficient (Wildman–Crippen LogP) is 6.03. The van der Waals surface area contributed by atoms with Crippen molar-refractivity contribution in [3.8, 4) is 0 Å². The van der Waals surface area contributed by atoms with E-state index in [9.17, 15) is 9.59 Å². The molecule has 0 unspecified atom stereocenters. The van der Waals surface area contributed by atoms with Crippen molar-refractivity contribution >= 4 is 23.6 Å². The number of aryl methyl sites for hydroxylation is 1. The number of carbonyl (C=O) groups is 2. The van der Waals surface area contributed by atoms with Crippen LogP contribution in [0.15, 0.2) is 42.1 Å². The van der Waals surface area contributed by atoms with E-state index in [4.69, 9.17) is 16.7 Å². The lowest BCUT2D eigenvalue weighted by atomic mass is 9.72. The van der Waals surface area contributed by atoms with E-state index in [1.807, 2.05) is 12.3 Å². The fourth-order valence-electron chi connectivity index (χ4n) is 4.35. The Morgan fingerprint density at radius 1 is 1.32 bits per heavy atom. The van der Waals surface area contributed by atoms with Crippen molar-refractivity contribution < 1.29 is 14.7 Å². The molecular formula is C25H33ClN2O3. The topological polar surface area (TPSA) is 69.6 Å². The maximum atomic E-state index is 12.9. The van der Waals surface area contributed by atoms with Gasteiger partial charge in [-0.2, -0.15) is 0 Å². The molecule has 168 valence electrons. The molecule has 0 aromatic heterocycles. The van der Waals surface area contributed by atoms with Crippen LogP contribution >= 0.6 is 11.6 Å². The van der Waals surface area contributed by atoms with E-state index in [0.717, 1.165) is 60.2 Å². The number of fused-ring (bicyclic) bond motifs is 1. The Kier molecular flexibility index (Phi) is 6.85. The Bertz CT molecular complexity index is 916. The Hall–Kier alpha value is -2.27. The second-order valence-electron chi connectivity index (χ2n) is 9.92. The van der Waals surface area contributed by atoms with Crippen molar-refractivity contribution in [2.75, 3.05) is 6.54 Å². The van der Waals surface area contributed by atoms with Crippen LogP contribution in [0.1, 0.15) is 70.4 Å². The number of carboxylic acids is 1. The molecule has 5 nitrogen and oxygen atoms in total. The lowest BCUT2D eigenvalue weighted by Crippen LogP contribution is -2.56. The van der Waals surface area contributed by atoms with Gasteiger partial charge in [0.15, 0.2) is 0 Å². The molecule has 0 spiro atoms. The SMILES string of the molecule is C=C(CCN1C=C2CCCC[C@]2(c2ccc(CCC(C)(C)C)c(Cl)c2)NC1=O)C(=O)O. The molecule has 3 rings (SSSR count). The zero-order valence-corrected chi connectivity index (χ0v) is 19.5. The Morgan fingerprint density at radius 3 is 2.71 bits per heavy atom. The molecule has 1 aromatic rings. The number of aliphatic carboxylic acids is 1. The third-order valence-corrected chi connectivity index (χ3v) is 6.69. The summed E-state index contributed by atoms with van der Waals surface area (Å²) in [5.41, 5.74) is 3.11. The van der Waals surface area contributed by atoms with Crippen LogP contribution in [-0.4, -0.2) is 28.6 Å². The molecule has 1 aliphatic carbocycles. The standard InChI is InChI=1S/C25H33ClN2O3/c1-17(22(29)30)11-14-28-16-20-7-5-6-12-25(20,27-23(28)31)19-9-8-18(21(26)15-19)10-13-24(2,3)4/h8-9,15-16H,1,5-7,10-14H2,2-4H3,(H,27,31)(H,29,30)/t25-/m1/s1. The third kappa shape index (κ3) is 5.32. The van der Waals surface area contributed by atoms with Crippen LogP contribution in [-0.2, 0) is 16.8 Å². The number of benzene rings is 1. The lowest BCUT2D eigenvalue weighted by molar-refractivity contribution is -0.132. The summed E-state index contributed by atoms with van der Waals surface area (Å²) in [5.74, 6) is -1.03. The van der Waals surface area contributed by atoms with Crippen LogP contribution in [0.3, 0.4) is 0 Å². The summed E-state index contributed by atoms with van der Waals surface area (Å²) in [6.07, 6.45) is 7.93. The molecule has 1 aromatic carbocycles. The van der Waals surface area contributed by atoms with E-state index in [2.05, 4.69) is 44.8 Å². The minimum atomic E-state index is -1.03. The van der Waals surface area contributed by atoms with Crippen LogP contribution in [0.25, 0.3) is 0 Å². The first-order valence-electron chi connectivity index (χ1n) is 11.0. The van der Waals surface area contributed by atoms with E-state index in [0.29, 0.717) is 6.54 Å². The maximum Gasteiger partial charge on any atom is 0.331 e. The first kappa shape index (κ1) is 23.4. The van der Waals surface area contributed by atoms with E-state index in [-0.39, 0.29) is 23.4 Å². The number of carbonyl (C=O) groups excluding carboxylic acids is 1. The minimum Gasteiger partial charge on any atom is -0.478 e. The number of nitrogens with one attached hydrogen (secondary N) is 1. The average molecular weight is 445 g/mol. The van der Waals surface area contributed by atoms with Gasteiger partial charge in [-0.1, -0.05) is 57.5 Å². The highest BCUT2D eigenvalue weighted by atomic mass is 35.5. The molecule has 1 fully saturated rings. The van der Waals surface area contributed by atoms with Crippen LogP contribution in [0.2, 0.25) is 5.02 Å². The summed E-state index contributed by atoms with van der Waals surface area (Å²) in [5, 5.41) is 13.0. The number of urea groups is 1. The van der Waals surface area contributed by atoms with Gasteiger partial charge in [0, 0.05) is 23.3 Å². The van der Waals surface area contributed by atoms with E-state index in [1.54, 1.807) is 4.90 Å². The molecule has 0 bridgehead atoms. The van der Waals surface area contributed by atoms with Gasteiger partial charge >= 0.3 is 12.0 Å². The number of carboxylic acid groups (broad SMARTS) is 1. The second-order valence-corrected chi connectivity index (χ2v) is 10.3. The number of rotatable bonds is 7. The molecule has 1 saturated carbocycles. The van der Waals surface area contributed by atoms with Crippen molar-refractivity contribution in [2.24, 2.45) is 5.41 Å². The van der Waals surface area contributed by atoms with Gasteiger partial charge in [0.25, 0.3) is 0 Å². The van der Waals surface area contributed by atoms with Gasteiger partial charge in [0.2, 0.25) is 0 Å². The van der Waals surface area contributed by atoms with Crippen LogP contribution in [0.5, 0.6) is 0 Å². The molecule has 2 amide bonds. The molecule has 0 radical (unpaired) electrons. The fraction of sp³-hybridized carbons (Fsp3) is 0.520. The molecular weight excluding hydrogens is 412 g/mol. The summed E-state index contributed by atoms with van der Waals surface area (Å²) in [7, 11) is 0. The molecule has 1 atom stereocenters. The molecule has 1 heterocycles. The first-order chi connectivity index (χ1) is 14.5. The van der Waals surface area contributed by atoms with Crippen LogP contribution < -0.4 is 5.32 Å².